The molecule has 1 saturated carbocycles. The molecule has 2 aromatic rings. The quantitative estimate of drug-likeness (QED) is 0.812. The lowest BCUT2D eigenvalue weighted by molar-refractivity contribution is -0.141. The van der Waals surface area contributed by atoms with Crippen LogP contribution in [0, 0.1) is 5.92 Å². The molecule has 0 bridgehead atoms. The van der Waals surface area contributed by atoms with Crippen molar-refractivity contribution in [3.63, 3.8) is 0 Å². The molecule has 144 valence electrons. The summed E-state index contributed by atoms with van der Waals surface area (Å²) in [6.45, 7) is 1.09. The maximum atomic E-state index is 12.6. The SMILES string of the molecule is O=C(c1ccc(C(F)(F)F)nc1)N1CCCC(Cc2nc(C3CC3)no2)C1. The van der Waals surface area contributed by atoms with E-state index < -0.39 is 11.9 Å². The molecule has 0 radical (unpaired) electrons. The van der Waals surface area contributed by atoms with Crippen LogP contribution < -0.4 is 0 Å². The average molecular weight is 380 g/mol. The zero-order chi connectivity index (χ0) is 19.0. The van der Waals surface area contributed by atoms with Gasteiger partial charge in [-0.05, 0) is 43.7 Å². The average Bonchev–Trinajstić information content (AvgIpc) is 3.40. The van der Waals surface area contributed by atoms with E-state index in [9.17, 15) is 18.0 Å². The molecule has 0 spiro atoms. The van der Waals surface area contributed by atoms with Gasteiger partial charge in [0.05, 0.1) is 5.56 Å². The molecule has 1 aliphatic carbocycles. The number of rotatable bonds is 4. The summed E-state index contributed by atoms with van der Waals surface area (Å²) >= 11 is 0. The van der Waals surface area contributed by atoms with Crippen molar-refractivity contribution in [3.8, 4) is 0 Å². The maximum absolute atomic E-state index is 12.6. The summed E-state index contributed by atoms with van der Waals surface area (Å²) in [4.78, 5) is 22.1. The molecule has 2 aromatic heterocycles. The second-order valence-electron chi connectivity index (χ2n) is 7.21. The van der Waals surface area contributed by atoms with Gasteiger partial charge in [-0.2, -0.15) is 18.2 Å². The summed E-state index contributed by atoms with van der Waals surface area (Å²) in [6, 6.07) is 2.02. The van der Waals surface area contributed by atoms with Gasteiger partial charge in [0.15, 0.2) is 5.82 Å². The third kappa shape index (κ3) is 4.12. The number of halogens is 3. The molecule has 1 amide bonds. The molecule has 27 heavy (non-hydrogen) atoms. The Morgan fingerprint density at radius 2 is 2.07 bits per heavy atom. The highest BCUT2D eigenvalue weighted by Gasteiger charge is 2.33. The Morgan fingerprint density at radius 3 is 2.74 bits per heavy atom. The molecule has 1 atom stereocenters. The first-order valence-corrected chi connectivity index (χ1v) is 9.05. The molecular formula is C18H19F3N4O2. The summed E-state index contributed by atoms with van der Waals surface area (Å²) in [5.41, 5.74) is -0.837. The third-order valence-electron chi connectivity index (χ3n) is 5.00. The van der Waals surface area contributed by atoms with E-state index in [0.717, 1.165) is 43.8 Å². The van der Waals surface area contributed by atoms with Crippen molar-refractivity contribution in [2.24, 2.45) is 5.92 Å². The molecule has 1 saturated heterocycles. The van der Waals surface area contributed by atoms with E-state index in [0.29, 0.717) is 31.3 Å². The number of amides is 1. The number of nitrogens with zero attached hydrogens (tertiary/aromatic N) is 4. The normalized spacial score (nSPS) is 20.7. The number of piperidine rings is 1. The highest BCUT2D eigenvalue weighted by atomic mass is 19.4. The Bertz CT molecular complexity index is 815. The molecule has 2 fully saturated rings. The van der Waals surface area contributed by atoms with Crippen molar-refractivity contribution >= 4 is 5.91 Å². The number of aromatic nitrogens is 3. The molecule has 3 heterocycles. The Kier molecular flexibility index (Phi) is 4.61. The van der Waals surface area contributed by atoms with Gasteiger partial charge in [-0.3, -0.25) is 9.78 Å². The van der Waals surface area contributed by atoms with Crippen LogP contribution in [0.1, 0.15) is 59.4 Å². The molecule has 0 N–H and O–H groups in total. The lowest BCUT2D eigenvalue weighted by Crippen LogP contribution is -2.40. The fraction of sp³-hybridized carbons (Fsp3) is 0.556. The van der Waals surface area contributed by atoms with Crippen LogP contribution in [0.3, 0.4) is 0 Å². The Balaban J connectivity index is 1.38. The minimum Gasteiger partial charge on any atom is -0.339 e. The van der Waals surface area contributed by atoms with E-state index in [2.05, 4.69) is 15.1 Å². The van der Waals surface area contributed by atoms with Crippen molar-refractivity contribution in [3.05, 3.63) is 41.3 Å². The first-order valence-electron chi connectivity index (χ1n) is 9.05. The number of hydrogen-bond acceptors (Lipinski definition) is 5. The number of carbonyl (C=O) groups excluding carboxylic acids is 1. The van der Waals surface area contributed by atoms with Crippen LogP contribution >= 0.6 is 0 Å². The van der Waals surface area contributed by atoms with Gasteiger partial charge >= 0.3 is 6.18 Å². The van der Waals surface area contributed by atoms with Gasteiger partial charge in [0, 0.05) is 31.6 Å². The predicted molar refractivity (Wildman–Crippen MR) is 87.8 cm³/mol. The number of carbonyl (C=O) groups is 1. The van der Waals surface area contributed by atoms with Crippen LogP contribution in [-0.4, -0.2) is 39.0 Å². The van der Waals surface area contributed by atoms with Gasteiger partial charge < -0.3 is 9.42 Å². The summed E-state index contributed by atoms with van der Waals surface area (Å²) in [5, 5.41) is 4.01. The zero-order valence-electron chi connectivity index (χ0n) is 14.6. The van der Waals surface area contributed by atoms with Crippen LogP contribution in [0.25, 0.3) is 0 Å². The van der Waals surface area contributed by atoms with Gasteiger partial charge in [-0.1, -0.05) is 5.16 Å². The molecule has 1 unspecified atom stereocenters. The van der Waals surface area contributed by atoms with Gasteiger partial charge in [0.25, 0.3) is 5.91 Å². The van der Waals surface area contributed by atoms with Crippen LogP contribution in [0.4, 0.5) is 13.2 Å². The Hall–Kier alpha value is -2.45. The minimum atomic E-state index is -4.51. The first-order chi connectivity index (χ1) is 12.9. The van der Waals surface area contributed by atoms with Gasteiger partial charge in [0.2, 0.25) is 5.89 Å². The Labute approximate surface area is 153 Å². The third-order valence-corrected chi connectivity index (χ3v) is 5.00. The zero-order valence-corrected chi connectivity index (χ0v) is 14.6. The molecular weight excluding hydrogens is 361 g/mol. The lowest BCUT2D eigenvalue weighted by Gasteiger charge is -2.32. The van der Waals surface area contributed by atoms with Gasteiger partial charge in [0.1, 0.15) is 5.69 Å². The van der Waals surface area contributed by atoms with E-state index in [1.165, 1.54) is 6.07 Å². The monoisotopic (exact) mass is 380 g/mol. The largest absolute Gasteiger partial charge is 0.433 e. The summed E-state index contributed by atoms with van der Waals surface area (Å²) in [7, 11) is 0. The highest BCUT2D eigenvalue weighted by Crippen LogP contribution is 2.38. The van der Waals surface area contributed by atoms with E-state index in [1.807, 2.05) is 0 Å². The van der Waals surface area contributed by atoms with E-state index in [-0.39, 0.29) is 17.4 Å². The molecule has 0 aromatic carbocycles. The summed E-state index contributed by atoms with van der Waals surface area (Å²) in [6.07, 6.45) is 1.06. The standard InChI is InChI=1S/C18H19F3N4O2/c19-18(20,21)14-6-5-13(9-22-14)17(26)25-7-1-2-11(10-25)8-15-23-16(24-27-15)12-3-4-12/h5-6,9,11-12H,1-4,7-8,10H2. The molecule has 1 aliphatic heterocycles. The molecule has 9 heteroatoms. The Morgan fingerprint density at radius 1 is 1.26 bits per heavy atom. The van der Waals surface area contributed by atoms with Crippen LogP contribution in [0.2, 0.25) is 0 Å². The first kappa shape index (κ1) is 17.9. The van der Waals surface area contributed by atoms with Crippen molar-refractivity contribution in [1.82, 2.24) is 20.0 Å². The smallest absolute Gasteiger partial charge is 0.339 e. The number of pyridine rings is 1. The second kappa shape index (κ2) is 6.94. The second-order valence-corrected chi connectivity index (χ2v) is 7.21. The minimum absolute atomic E-state index is 0.164. The van der Waals surface area contributed by atoms with Crippen molar-refractivity contribution < 1.29 is 22.5 Å². The summed E-state index contributed by atoms with van der Waals surface area (Å²) in [5.74, 6) is 1.68. The number of alkyl halides is 3. The number of hydrogen-bond donors (Lipinski definition) is 0. The van der Waals surface area contributed by atoms with Crippen LogP contribution in [0.5, 0.6) is 0 Å². The van der Waals surface area contributed by atoms with Crippen molar-refractivity contribution in [1.29, 1.82) is 0 Å². The fourth-order valence-corrected chi connectivity index (χ4v) is 3.39. The van der Waals surface area contributed by atoms with Crippen LogP contribution in [0.15, 0.2) is 22.9 Å². The highest BCUT2D eigenvalue weighted by molar-refractivity contribution is 5.94. The van der Waals surface area contributed by atoms with E-state index >= 15 is 0 Å². The van der Waals surface area contributed by atoms with Gasteiger partial charge in [-0.15, -0.1) is 0 Å². The fourth-order valence-electron chi connectivity index (χ4n) is 3.39. The van der Waals surface area contributed by atoms with Crippen molar-refractivity contribution in [2.75, 3.05) is 13.1 Å². The molecule has 6 nitrogen and oxygen atoms in total. The van der Waals surface area contributed by atoms with Crippen LogP contribution in [-0.2, 0) is 12.6 Å². The van der Waals surface area contributed by atoms with Gasteiger partial charge in [-0.25, -0.2) is 0 Å². The summed E-state index contributed by atoms with van der Waals surface area (Å²) < 4.78 is 43.1. The molecule has 4 rings (SSSR count). The predicted octanol–water partition coefficient (Wildman–Crippen LogP) is 3.46. The lowest BCUT2D eigenvalue weighted by atomic mass is 9.94. The topological polar surface area (TPSA) is 72.1 Å². The maximum Gasteiger partial charge on any atom is 0.433 e. The molecule has 2 aliphatic rings. The van der Waals surface area contributed by atoms with E-state index in [1.54, 1.807) is 4.90 Å². The number of likely N-dealkylation sites (tertiary alicyclic amines) is 1. The van der Waals surface area contributed by atoms with E-state index in [4.69, 9.17) is 4.52 Å². The van der Waals surface area contributed by atoms with Crippen molar-refractivity contribution in [2.45, 2.75) is 44.2 Å².